The Balaban J connectivity index is 1.98. The Morgan fingerprint density at radius 3 is 2.72 bits per heavy atom. The highest BCUT2D eigenvalue weighted by Gasteiger charge is 2.22. The lowest BCUT2D eigenvalue weighted by Gasteiger charge is -2.06. The fraction of sp³-hybridized carbons (Fsp3) is 0.417. The number of pyridine rings is 1. The van der Waals surface area contributed by atoms with Crippen LogP contribution in [-0.4, -0.2) is 27.6 Å². The van der Waals surface area contributed by atoms with Crippen molar-refractivity contribution in [1.29, 1.82) is 0 Å². The Morgan fingerprint density at radius 1 is 1.39 bits per heavy atom. The monoisotopic (exact) mass is 250 g/mol. The highest BCUT2D eigenvalue weighted by molar-refractivity contribution is 5.87. The number of aromatic nitrogens is 1. The Hall–Kier alpha value is -2.11. The van der Waals surface area contributed by atoms with E-state index in [1.807, 2.05) is 0 Å². The molecule has 0 radical (unpaired) electrons. The molecule has 1 aliphatic carbocycles. The second-order valence-electron chi connectivity index (χ2n) is 4.35. The summed E-state index contributed by atoms with van der Waals surface area (Å²) in [6.45, 7) is 0.193. The van der Waals surface area contributed by atoms with Crippen LogP contribution in [0.1, 0.15) is 29.6 Å². The van der Waals surface area contributed by atoms with Crippen molar-refractivity contribution in [2.24, 2.45) is 0 Å². The molecule has 0 aromatic carbocycles. The molecule has 1 aromatic rings. The largest absolute Gasteiger partial charge is 0.478 e. The van der Waals surface area contributed by atoms with Gasteiger partial charge in [0.05, 0.1) is 5.56 Å². The zero-order valence-electron chi connectivity index (χ0n) is 9.76. The number of carbonyl (C=O) groups excluding carboxylic acids is 1. The summed E-state index contributed by atoms with van der Waals surface area (Å²) >= 11 is 0. The molecule has 1 amide bonds. The first-order valence-corrected chi connectivity index (χ1v) is 5.79. The van der Waals surface area contributed by atoms with Gasteiger partial charge in [-0.25, -0.2) is 4.79 Å². The summed E-state index contributed by atoms with van der Waals surface area (Å²) < 4.78 is 1.25. The zero-order valence-corrected chi connectivity index (χ0v) is 9.76. The fourth-order valence-corrected chi connectivity index (χ4v) is 1.58. The molecule has 1 aromatic heterocycles. The second kappa shape index (κ2) is 5.03. The summed E-state index contributed by atoms with van der Waals surface area (Å²) in [5, 5.41) is 11.6. The first-order chi connectivity index (χ1) is 8.56. The summed E-state index contributed by atoms with van der Waals surface area (Å²) in [5.74, 6) is -1.20. The van der Waals surface area contributed by atoms with Crippen LogP contribution < -0.4 is 10.9 Å². The zero-order chi connectivity index (χ0) is 13.1. The van der Waals surface area contributed by atoms with E-state index in [9.17, 15) is 14.4 Å². The second-order valence-corrected chi connectivity index (χ2v) is 4.35. The molecule has 6 nitrogen and oxygen atoms in total. The van der Waals surface area contributed by atoms with Gasteiger partial charge in [-0.05, 0) is 18.9 Å². The van der Waals surface area contributed by atoms with E-state index in [1.165, 1.54) is 22.9 Å². The third-order valence-corrected chi connectivity index (χ3v) is 2.75. The minimum Gasteiger partial charge on any atom is -0.478 e. The Labute approximate surface area is 103 Å². The highest BCUT2D eigenvalue weighted by Crippen LogP contribution is 2.18. The number of carbonyl (C=O) groups is 2. The third-order valence-electron chi connectivity index (χ3n) is 2.75. The topological polar surface area (TPSA) is 88.4 Å². The van der Waals surface area contributed by atoms with Gasteiger partial charge in [0.2, 0.25) is 5.91 Å². The molecule has 0 atom stereocenters. The number of nitrogens with zero attached hydrogens (tertiary/aromatic N) is 1. The number of aryl methyl sites for hydroxylation is 1. The minimum atomic E-state index is -1.09. The molecule has 0 bridgehead atoms. The van der Waals surface area contributed by atoms with Crippen LogP contribution in [-0.2, 0) is 11.3 Å². The summed E-state index contributed by atoms with van der Waals surface area (Å²) in [7, 11) is 0. The van der Waals surface area contributed by atoms with Gasteiger partial charge in [0.1, 0.15) is 0 Å². The predicted octanol–water partition coefficient (Wildman–Crippen LogP) is 0.215. The molecule has 1 saturated carbocycles. The highest BCUT2D eigenvalue weighted by atomic mass is 16.4. The van der Waals surface area contributed by atoms with Crippen molar-refractivity contribution in [2.75, 3.05) is 0 Å². The van der Waals surface area contributed by atoms with Gasteiger partial charge in [-0.15, -0.1) is 0 Å². The van der Waals surface area contributed by atoms with Gasteiger partial charge in [0, 0.05) is 31.3 Å². The number of nitrogens with one attached hydrogen (secondary N) is 1. The molecule has 1 aliphatic rings. The normalized spacial score (nSPS) is 14.2. The third kappa shape index (κ3) is 3.19. The number of hydrogen-bond acceptors (Lipinski definition) is 3. The van der Waals surface area contributed by atoms with Gasteiger partial charge in [-0.1, -0.05) is 0 Å². The van der Waals surface area contributed by atoms with Crippen LogP contribution in [0.15, 0.2) is 23.1 Å². The average molecular weight is 250 g/mol. The standard InChI is InChI=1S/C12H14N2O4/c15-10(13-9-2-3-9)5-6-14-7-8(12(17)18)1-4-11(14)16/h1,4,7,9H,2-3,5-6H2,(H,13,15)(H,17,18). The summed E-state index contributed by atoms with van der Waals surface area (Å²) in [5.41, 5.74) is -0.267. The average Bonchev–Trinajstić information content (AvgIpc) is 3.11. The van der Waals surface area contributed by atoms with Crippen LogP contribution in [0.3, 0.4) is 0 Å². The van der Waals surface area contributed by atoms with E-state index in [1.54, 1.807) is 0 Å². The van der Waals surface area contributed by atoms with E-state index in [-0.39, 0.29) is 30.0 Å². The predicted molar refractivity (Wildman–Crippen MR) is 63.4 cm³/mol. The smallest absolute Gasteiger partial charge is 0.337 e. The van der Waals surface area contributed by atoms with Crippen molar-refractivity contribution in [2.45, 2.75) is 31.8 Å². The van der Waals surface area contributed by atoms with E-state index < -0.39 is 5.97 Å². The van der Waals surface area contributed by atoms with E-state index in [0.717, 1.165) is 12.8 Å². The van der Waals surface area contributed by atoms with Gasteiger partial charge in [0.15, 0.2) is 0 Å². The molecule has 0 saturated heterocycles. The van der Waals surface area contributed by atoms with E-state index >= 15 is 0 Å². The molecular weight excluding hydrogens is 236 g/mol. The molecule has 1 heterocycles. The van der Waals surface area contributed by atoms with Crippen LogP contribution >= 0.6 is 0 Å². The van der Waals surface area contributed by atoms with Crippen molar-refractivity contribution in [3.05, 3.63) is 34.2 Å². The number of carboxylic acid groups (broad SMARTS) is 1. The SMILES string of the molecule is O=C(CCn1cc(C(=O)O)ccc1=O)NC1CC1. The molecule has 2 N–H and O–H groups in total. The van der Waals surface area contributed by atoms with Crippen molar-refractivity contribution in [3.63, 3.8) is 0 Å². The first-order valence-electron chi connectivity index (χ1n) is 5.79. The summed E-state index contributed by atoms with van der Waals surface area (Å²) in [4.78, 5) is 33.7. The van der Waals surface area contributed by atoms with Crippen molar-refractivity contribution in [3.8, 4) is 0 Å². The van der Waals surface area contributed by atoms with E-state index in [4.69, 9.17) is 5.11 Å². The quantitative estimate of drug-likeness (QED) is 0.782. The first kappa shape index (κ1) is 12.3. The molecule has 0 aliphatic heterocycles. The van der Waals surface area contributed by atoms with Crippen LogP contribution in [0.5, 0.6) is 0 Å². The van der Waals surface area contributed by atoms with Crippen LogP contribution in [0.2, 0.25) is 0 Å². The van der Waals surface area contributed by atoms with E-state index in [0.29, 0.717) is 6.04 Å². The Bertz CT molecular complexity index is 531. The minimum absolute atomic E-state index is 0.0391. The lowest BCUT2D eigenvalue weighted by atomic mass is 10.3. The number of rotatable bonds is 5. The van der Waals surface area contributed by atoms with Crippen LogP contribution in [0, 0.1) is 0 Å². The molecule has 6 heteroatoms. The lowest BCUT2D eigenvalue weighted by Crippen LogP contribution is -2.28. The molecule has 0 unspecified atom stereocenters. The number of hydrogen-bond donors (Lipinski definition) is 2. The van der Waals surface area contributed by atoms with Crippen LogP contribution in [0.25, 0.3) is 0 Å². The maximum absolute atomic E-state index is 11.5. The molecular formula is C12H14N2O4. The Kier molecular flexibility index (Phi) is 3.45. The van der Waals surface area contributed by atoms with Gasteiger partial charge in [0.25, 0.3) is 5.56 Å². The molecule has 1 fully saturated rings. The van der Waals surface area contributed by atoms with Crippen molar-refractivity contribution in [1.82, 2.24) is 9.88 Å². The van der Waals surface area contributed by atoms with Crippen molar-refractivity contribution >= 4 is 11.9 Å². The number of amides is 1. The lowest BCUT2D eigenvalue weighted by molar-refractivity contribution is -0.121. The summed E-state index contributed by atoms with van der Waals surface area (Å²) in [6.07, 6.45) is 3.47. The van der Waals surface area contributed by atoms with Gasteiger partial charge in [-0.2, -0.15) is 0 Å². The van der Waals surface area contributed by atoms with Gasteiger partial charge < -0.3 is 15.0 Å². The molecule has 2 rings (SSSR count). The summed E-state index contributed by atoms with van der Waals surface area (Å²) in [6, 6.07) is 2.74. The number of carboxylic acids is 1. The fourth-order valence-electron chi connectivity index (χ4n) is 1.58. The number of aromatic carboxylic acids is 1. The molecule has 96 valence electrons. The maximum Gasteiger partial charge on any atom is 0.337 e. The molecule has 18 heavy (non-hydrogen) atoms. The Morgan fingerprint density at radius 2 is 2.11 bits per heavy atom. The van der Waals surface area contributed by atoms with Gasteiger partial charge in [-0.3, -0.25) is 9.59 Å². The maximum atomic E-state index is 11.5. The van der Waals surface area contributed by atoms with Gasteiger partial charge >= 0.3 is 5.97 Å². The van der Waals surface area contributed by atoms with Crippen molar-refractivity contribution < 1.29 is 14.7 Å². The van der Waals surface area contributed by atoms with Crippen LogP contribution in [0.4, 0.5) is 0 Å². The van der Waals surface area contributed by atoms with E-state index in [2.05, 4.69) is 5.32 Å². The molecule has 0 spiro atoms.